The highest BCUT2D eigenvalue weighted by molar-refractivity contribution is 5.92. The van der Waals surface area contributed by atoms with Crippen LogP contribution < -0.4 is 15.8 Å². The van der Waals surface area contributed by atoms with Crippen LogP contribution in [0.3, 0.4) is 0 Å². The zero-order valence-electron chi connectivity index (χ0n) is 10.1. The van der Waals surface area contributed by atoms with Gasteiger partial charge < -0.3 is 15.8 Å². The Morgan fingerprint density at radius 3 is 2.78 bits per heavy atom. The highest BCUT2D eigenvalue weighted by Crippen LogP contribution is 2.20. The Morgan fingerprint density at radius 1 is 1.44 bits per heavy atom. The Kier molecular flexibility index (Phi) is 4.15. The lowest BCUT2D eigenvalue weighted by atomic mass is 9.99. The van der Waals surface area contributed by atoms with Crippen LogP contribution in [0, 0.1) is 11.7 Å². The van der Waals surface area contributed by atoms with E-state index in [1.165, 1.54) is 12.1 Å². The first-order chi connectivity index (χ1) is 8.66. The van der Waals surface area contributed by atoms with Crippen LogP contribution in [-0.2, 0) is 0 Å². The molecule has 98 valence electrons. The molecule has 0 saturated carbocycles. The van der Waals surface area contributed by atoms with Crippen molar-refractivity contribution in [2.75, 3.05) is 19.7 Å². The molecule has 1 aromatic rings. The fraction of sp³-hybridized carbons (Fsp3) is 0.462. The third kappa shape index (κ3) is 3.20. The number of carbonyl (C=O) groups excluding carboxylic acids is 1. The number of benzene rings is 1. The summed E-state index contributed by atoms with van der Waals surface area (Å²) in [5, 5.41) is 3.26. The second-order valence-corrected chi connectivity index (χ2v) is 4.51. The number of hydrogen-bond donors (Lipinski definition) is 2. The maximum absolute atomic E-state index is 13.6. The molecule has 1 aliphatic heterocycles. The maximum Gasteiger partial charge on any atom is 0.248 e. The van der Waals surface area contributed by atoms with Gasteiger partial charge >= 0.3 is 0 Å². The molecule has 2 rings (SSSR count). The fourth-order valence-corrected chi connectivity index (χ4v) is 2.03. The van der Waals surface area contributed by atoms with E-state index in [-0.39, 0.29) is 11.3 Å². The SMILES string of the molecule is NC(=O)c1ccc(OCC2CCNCC2)c(F)c1. The van der Waals surface area contributed by atoms with Gasteiger partial charge in [-0.15, -0.1) is 0 Å². The van der Waals surface area contributed by atoms with Crippen LogP contribution >= 0.6 is 0 Å². The van der Waals surface area contributed by atoms with Crippen molar-refractivity contribution in [2.24, 2.45) is 11.7 Å². The lowest BCUT2D eigenvalue weighted by Gasteiger charge is -2.22. The van der Waals surface area contributed by atoms with Gasteiger partial charge in [0.25, 0.3) is 0 Å². The molecule has 1 fully saturated rings. The van der Waals surface area contributed by atoms with Crippen LogP contribution in [0.5, 0.6) is 5.75 Å². The smallest absolute Gasteiger partial charge is 0.248 e. The third-order valence-electron chi connectivity index (χ3n) is 3.15. The molecule has 3 N–H and O–H groups in total. The number of piperidine rings is 1. The monoisotopic (exact) mass is 252 g/mol. The summed E-state index contributed by atoms with van der Waals surface area (Å²) in [4.78, 5) is 10.9. The first-order valence-electron chi connectivity index (χ1n) is 6.09. The van der Waals surface area contributed by atoms with E-state index in [2.05, 4.69) is 5.32 Å². The molecule has 1 aliphatic rings. The molecule has 1 aromatic carbocycles. The quantitative estimate of drug-likeness (QED) is 0.849. The van der Waals surface area contributed by atoms with Crippen LogP contribution in [0.4, 0.5) is 4.39 Å². The second kappa shape index (κ2) is 5.82. The molecule has 1 saturated heterocycles. The summed E-state index contributed by atoms with van der Waals surface area (Å²) < 4.78 is 19.1. The van der Waals surface area contributed by atoms with Gasteiger partial charge in [0.2, 0.25) is 5.91 Å². The Hall–Kier alpha value is -1.62. The van der Waals surface area contributed by atoms with E-state index >= 15 is 0 Å². The molecule has 0 aliphatic carbocycles. The number of rotatable bonds is 4. The third-order valence-corrected chi connectivity index (χ3v) is 3.15. The van der Waals surface area contributed by atoms with Crippen LogP contribution in [0.25, 0.3) is 0 Å². The summed E-state index contributed by atoms with van der Waals surface area (Å²) in [5.41, 5.74) is 5.22. The Morgan fingerprint density at radius 2 is 2.17 bits per heavy atom. The number of carbonyl (C=O) groups is 1. The van der Waals surface area contributed by atoms with E-state index in [0.717, 1.165) is 32.0 Å². The summed E-state index contributed by atoms with van der Waals surface area (Å²) in [6, 6.07) is 4.04. The van der Waals surface area contributed by atoms with Gasteiger partial charge in [-0.05, 0) is 50.0 Å². The van der Waals surface area contributed by atoms with E-state index < -0.39 is 11.7 Å². The first-order valence-corrected chi connectivity index (χ1v) is 6.09. The molecule has 18 heavy (non-hydrogen) atoms. The summed E-state index contributed by atoms with van der Waals surface area (Å²) in [7, 11) is 0. The van der Waals surface area contributed by atoms with Crippen molar-refractivity contribution in [3.05, 3.63) is 29.6 Å². The Balaban J connectivity index is 1.94. The highest BCUT2D eigenvalue weighted by atomic mass is 19.1. The van der Waals surface area contributed by atoms with Gasteiger partial charge in [0, 0.05) is 5.56 Å². The summed E-state index contributed by atoms with van der Waals surface area (Å²) >= 11 is 0. The molecule has 4 nitrogen and oxygen atoms in total. The average Bonchev–Trinajstić information content (AvgIpc) is 2.38. The highest BCUT2D eigenvalue weighted by Gasteiger charge is 2.15. The minimum absolute atomic E-state index is 0.154. The topological polar surface area (TPSA) is 64.4 Å². The average molecular weight is 252 g/mol. The van der Waals surface area contributed by atoms with Crippen molar-refractivity contribution in [3.63, 3.8) is 0 Å². The number of primary amides is 1. The van der Waals surface area contributed by atoms with Gasteiger partial charge in [-0.3, -0.25) is 4.79 Å². The van der Waals surface area contributed by atoms with Crippen molar-refractivity contribution in [2.45, 2.75) is 12.8 Å². The van der Waals surface area contributed by atoms with E-state index in [9.17, 15) is 9.18 Å². The molecule has 0 aromatic heterocycles. The Labute approximate surface area is 105 Å². The molecule has 5 heteroatoms. The molecular weight excluding hydrogens is 235 g/mol. The van der Waals surface area contributed by atoms with Crippen LogP contribution in [0.1, 0.15) is 23.2 Å². The second-order valence-electron chi connectivity index (χ2n) is 4.51. The van der Waals surface area contributed by atoms with Crippen LogP contribution in [0.15, 0.2) is 18.2 Å². The van der Waals surface area contributed by atoms with Crippen LogP contribution in [-0.4, -0.2) is 25.6 Å². The van der Waals surface area contributed by atoms with Gasteiger partial charge in [-0.2, -0.15) is 0 Å². The molecule has 0 unspecified atom stereocenters. The lowest BCUT2D eigenvalue weighted by molar-refractivity contribution is 0.0999. The van der Waals surface area contributed by atoms with Gasteiger partial charge in [0.1, 0.15) is 0 Å². The molecule has 0 atom stereocenters. The molecule has 1 amide bonds. The van der Waals surface area contributed by atoms with E-state index in [1.807, 2.05) is 0 Å². The van der Waals surface area contributed by atoms with Gasteiger partial charge in [-0.25, -0.2) is 4.39 Å². The van der Waals surface area contributed by atoms with Crippen molar-refractivity contribution >= 4 is 5.91 Å². The van der Waals surface area contributed by atoms with E-state index in [1.54, 1.807) is 0 Å². The zero-order valence-corrected chi connectivity index (χ0v) is 10.1. The summed E-state index contributed by atoms with van der Waals surface area (Å²) in [6.07, 6.45) is 2.09. The minimum Gasteiger partial charge on any atom is -0.490 e. The number of nitrogens with one attached hydrogen (secondary N) is 1. The summed E-state index contributed by atoms with van der Waals surface area (Å²) in [6.45, 7) is 2.47. The number of amides is 1. The number of halogens is 1. The Bertz CT molecular complexity index is 431. The van der Waals surface area contributed by atoms with Crippen molar-refractivity contribution in [1.29, 1.82) is 0 Å². The fourth-order valence-electron chi connectivity index (χ4n) is 2.03. The molecular formula is C13H17FN2O2. The largest absolute Gasteiger partial charge is 0.490 e. The van der Waals surface area contributed by atoms with Crippen molar-refractivity contribution in [3.8, 4) is 5.75 Å². The predicted molar refractivity (Wildman–Crippen MR) is 66.0 cm³/mol. The number of hydrogen-bond acceptors (Lipinski definition) is 3. The van der Waals surface area contributed by atoms with Gasteiger partial charge in [-0.1, -0.05) is 0 Å². The summed E-state index contributed by atoms with van der Waals surface area (Å²) in [5.74, 6) is -0.543. The van der Waals surface area contributed by atoms with Crippen LogP contribution in [0.2, 0.25) is 0 Å². The normalized spacial score (nSPS) is 16.5. The molecule has 1 heterocycles. The van der Waals surface area contributed by atoms with Crippen molar-refractivity contribution in [1.82, 2.24) is 5.32 Å². The van der Waals surface area contributed by atoms with Gasteiger partial charge in [0.05, 0.1) is 6.61 Å². The lowest BCUT2D eigenvalue weighted by Crippen LogP contribution is -2.30. The van der Waals surface area contributed by atoms with Crippen molar-refractivity contribution < 1.29 is 13.9 Å². The predicted octanol–water partition coefficient (Wildman–Crippen LogP) is 1.30. The van der Waals surface area contributed by atoms with Gasteiger partial charge in [0.15, 0.2) is 11.6 Å². The zero-order chi connectivity index (χ0) is 13.0. The first kappa shape index (κ1) is 12.8. The molecule has 0 radical (unpaired) electrons. The number of ether oxygens (including phenoxy) is 1. The minimum atomic E-state index is -0.640. The van der Waals surface area contributed by atoms with E-state index in [4.69, 9.17) is 10.5 Å². The van der Waals surface area contributed by atoms with E-state index in [0.29, 0.717) is 12.5 Å². The standard InChI is InChI=1S/C13H17FN2O2/c14-11-7-10(13(15)17)1-2-12(11)18-8-9-3-5-16-6-4-9/h1-2,7,9,16H,3-6,8H2,(H2,15,17). The molecule has 0 spiro atoms. The molecule has 0 bridgehead atoms. The number of nitrogens with two attached hydrogens (primary N) is 1. The maximum atomic E-state index is 13.6.